The van der Waals surface area contributed by atoms with E-state index in [-0.39, 0.29) is 29.8 Å². The number of halogens is 1. The molecule has 1 saturated heterocycles. The summed E-state index contributed by atoms with van der Waals surface area (Å²) >= 11 is 0. The monoisotopic (exact) mass is 449 g/mol. The number of benzene rings is 3. The maximum Gasteiger partial charge on any atom is 0.251 e. The van der Waals surface area contributed by atoms with Gasteiger partial charge in [0.25, 0.3) is 5.91 Å². The van der Waals surface area contributed by atoms with Crippen LogP contribution in [0.1, 0.15) is 22.3 Å². The summed E-state index contributed by atoms with van der Waals surface area (Å²) in [6.45, 7) is 3.62. The fourth-order valence-electron chi connectivity index (χ4n) is 4.10. The Bertz CT molecular complexity index is 1140. The van der Waals surface area contributed by atoms with Crippen LogP contribution >= 0.6 is 0 Å². The summed E-state index contributed by atoms with van der Waals surface area (Å²) in [5.41, 5.74) is 1.47. The number of fused-ring (bicyclic) bond motifs is 1. The van der Waals surface area contributed by atoms with E-state index in [0.717, 1.165) is 29.4 Å². The number of methoxy groups -OCH3 is 1. The van der Waals surface area contributed by atoms with Crippen molar-refractivity contribution in [3.63, 3.8) is 0 Å². The lowest BCUT2D eigenvalue weighted by atomic mass is 10.1. The Labute approximate surface area is 192 Å². The number of hydrogen-bond donors (Lipinski definition) is 1. The maximum atomic E-state index is 13.9. The zero-order chi connectivity index (χ0) is 23.2. The molecule has 0 radical (unpaired) electrons. The van der Waals surface area contributed by atoms with Crippen molar-refractivity contribution in [2.24, 2.45) is 0 Å². The van der Waals surface area contributed by atoms with E-state index in [1.807, 2.05) is 47.4 Å². The summed E-state index contributed by atoms with van der Waals surface area (Å²) in [6.07, 6.45) is 0.267. The molecule has 3 aromatic carbocycles. The molecule has 0 atom stereocenters. The van der Waals surface area contributed by atoms with Gasteiger partial charge in [0.1, 0.15) is 0 Å². The van der Waals surface area contributed by atoms with Gasteiger partial charge in [-0.05, 0) is 40.6 Å². The van der Waals surface area contributed by atoms with Gasteiger partial charge in [0, 0.05) is 51.3 Å². The van der Waals surface area contributed by atoms with E-state index in [1.165, 1.54) is 13.2 Å². The lowest BCUT2D eigenvalue weighted by Gasteiger charge is -2.34. The molecular weight excluding hydrogens is 421 g/mol. The van der Waals surface area contributed by atoms with Crippen LogP contribution in [0.25, 0.3) is 10.8 Å². The Balaban J connectivity index is 1.20. The number of piperazine rings is 1. The molecule has 0 aromatic heterocycles. The van der Waals surface area contributed by atoms with Crippen molar-refractivity contribution >= 4 is 22.6 Å². The Hall–Kier alpha value is -3.45. The highest BCUT2D eigenvalue weighted by Gasteiger charge is 2.21. The SMILES string of the molecule is COc1ccc(CN2CCN(C(=O)CCNC(=O)c3ccc4ccccc4c3)CC2)cc1F. The highest BCUT2D eigenvalue weighted by Crippen LogP contribution is 2.19. The van der Waals surface area contributed by atoms with Gasteiger partial charge in [-0.2, -0.15) is 0 Å². The molecule has 0 unspecified atom stereocenters. The molecule has 0 bridgehead atoms. The van der Waals surface area contributed by atoms with Crippen molar-refractivity contribution in [2.45, 2.75) is 13.0 Å². The predicted octanol–water partition coefficient (Wildman–Crippen LogP) is 3.45. The molecule has 0 aliphatic carbocycles. The topological polar surface area (TPSA) is 61.9 Å². The molecule has 1 aliphatic heterocycles. The van der Waals surface area contributed by atoms with Crippen LogP contribution in [0, 0.1) is 5.82 Å². The number of nitrogens with zero attached hydrogens (tertiary/aromatic N) is 2. The lowest BCUT2D eigenvalue weighted by Crippen LogP contribution is -2.48. The van der Waals surface area contributed by atoms with Gasteiger partial charge in [-0.3, -0.25) is 14.5 Å². The molecule has 1 N–H and O–H groups in total. The van der Waals surface area contributed by atoms with Crippen molar-refractivity contribution < 1.29 is 18.7 Å². The number of ether oxygens (including phenoxy) is 1. The molecule has 0 spiro atoms. The first-order chi connectivity index (χ1) is 16.0. The van der Waals surface area contributed by atoms with Crippen LogP contribution in [0.3, 0.4) is 0 Å². The van der Waals surface area contributed by atoms with Gasteiger partial charge < -0.3 is 15.0 Å². The molecule has 172 valence electrons. The molecule has 1 aliphatic rings. The van der Waals surface area contributed by atoms with E-state index in [1.54, 1.807) is 12.1 Å². The summed E-state index contributed by atoms with van der Waals surface area (Å²) in [5.74, 6) is -0.273. The Morgan fingerprint density at radius 2 is 1.73 bits per heavy atom. The lowest BCUT2D eigenvalue weighted by molar-refractivity contribution is -0.132. The quantitative estimate of drug-likeness (QED) is 0.600. The summed E-state index contributed by atoms with van der Waals surface area (Å²) in [4.78, 5) is 29.0. The molecule has 3 aromatic rings. The van der Waals surface area contributed by atoms with Crippen LogP contribution in [0.4, 0.5) is 4.39 Å². The average Bonchev–Trinajstić information content (AvgIpc) is 2.84. The Morgan fingerprint density at radius 3 is 2.45 bits per heavy atom. The fraction of sp³-hybridized carbons (Fsp3) is 0.308. The van der Waals surface area contributed by atoms with Crippen molar-refractivity contribution in [1.82, 2.24) is 15.1 Å². The predicted molar refractivity (Wildman–Crippen MR) is 126 cm³/mol. The van der Waals surface area contributed by atoms with Crippen LogP contribution in [-0.2, 0) is 11.3 Å². The first-order valence-electron chi connectivity index (χ1n) is 11.1. The first kappa shape index (κ1) is 22.7. The van der Waals surface area contributed by atoms with Gasteiger partial charge >= 0.3 is 0 Å². The van der Waals surface area contributed by atoms with E-state index in [2.05, 4.69) is 10.2 Å². The Kier molecular flexibility index (Phi) is 7.19. The smallest absolute Gasteiger partial charge is 0.251 e. The number of rotatable bonds is 7. The van der Waals surface area contributed by atoms with E-state index >= 15 is 0 Å². The molecule has 0 saturated carbocycles. The average molecular weight is 450 g/mol. The highest BCUT2D eigenvalue weighted by atomic mass is 19.1. The van der Waals surface area contributed by atoms with Crippen LogP contribution in [0.5, 0.6) is 5.75 Å². The molecule has 2 amide bonds. The van der Waals surface area contributed by atoms with Crippen molar-refractivity contribution in [2.75, 3.05) is 39.8 Å². The summed E-state index contributed by atoms with van der Waals surface area (Å²) in [7, 11) is 1.45. The Morgan fingerprint density at radius 1 is 0.970 bits per heavy atom. The molecule has 4 rings (SSSR count). The number of hydrogen-bond acceptors (Lipinski definition) is 4. The zero-order valence-corrected chi connectivity index (χ0v) is 18.7. The van der Waals surface area contributed by atoms with Gasteiger partial charge in [0.15, 0.2) is 11.6 Å². The molecule has 1 fully saturated rings. The summed E-state index contributed by atoms with van der Waals surface area (Å²) in [5, 5.41) is 4.94. The zero-order valence-electron chi connectivity index (χ0n) is 18.7. The minimum Gasteiger partial charge on any atom is -0.494 e. The van der Waals surface area contributed by atoms with Crippen LogP contribution in [-0.4, -0.2) is 61.4 Å². The molecule has 1 heterocycles. The largest absolute Gasteiger partial charge is 0.494 e. The molecular formula is C26H28FN3O3. The summed E-state index contributed by atoms with van der Waals surface area (Å²) in [6, 6.07) is 18.5. The molecule has 7 heteroatoms. The number of nitrogens with one attached hydrogen (secondary N) is 1. The van der Waals surface area contributed by atoms with Gasteiger partial charge in [-0.1, -0.05) is 36.4 Å². The number of carbonyl (C=O) groups excluding carboxylic acids is 2. The van der Waals surface area contributed by atoms with Crippen LogP contribution in [0.15, 0.2) is 60.7 Å². The minimum absolute atomic E-state index is 0.0314. The second kappa shape index (κ2) is 10.4. The van der Waals surface area contributed by atoms with E-state index < -0.39 is 0 Å². The number of carbonyl (C=O) groups is 2. The highest BCUT2D eigenvalue weighted by molar-refractivity contribution is 5.98. The minimum atomic E-state index is -0.366. The van der Waals surface area contributed by atoms with Crippen molar-refractivity contribution in [3.8, 4) is 5.75 Å². The second-order valence-electron chi connectivity index (χ2n) is 8.19. The van der Waals surface area contributed by atoms with Crippen molar-refractivity contribution in [3.05, 3.63) is 77.6 Å². The second-order valence-corrected chi connectivity index (χ2v) is 8.19. The normalized spacial score (nSPS) is 14.3. The molecule has 33 heavy (non-hydrogen) atoms. The van der Waals surface area contributed by atoms with E-state index in [4.69, 9.17) is 4.74 Å². The third-order valence-corrected chi connectivity index (χ3v) is 5.98. The molecule has 6 nitrogen and oxygen atoms in total. The standard InChI is InChI=1S/C26H28FN3O3/c1-33-24-9-6-19(16-23(24)27)18-29-12-14-30(15-13-29)25(31)10-11-28-26(32)22-8-7-20-4-2-3-5-21(20)17-22/h2-9,16-17H,10-15,18H2,1H3,(H,28,32). The van der Waals surface area contributed by atoms with E-state index in [9.17, 15) is 14.0 Å². The van der Waals surface area contributed by atoms with Crippen molar-refractivity contribution in [1.29, 1.82) is 0 Å². The maximum absolute atomic E-state index is 13.9. The third kappa shape index (κ3) is 5.68. The van der Waals surface area contributed by atoms with Crippen LogP contribution in [0.2, 0.25) is 0 Å². The number of amides is 2. The fourth-order valence-corrected chi connectivity index (χ4v) is 4.10. The van der Waals surface area contributed by atoms with E-state index in [0.29, 0.717) is 31.7 Å². The van der Waals surface area contributed by atoms with Gasteiger partial charge in [-0.15, -0.1) is 0 Å². The van der Waals surface area contributed by atoms with Crippen LogP contribution < -0.4 is 10.1 Å². The van der Waals surface area contributed by atoms with Gasteiger partial charge in [0.2, 0.25) is 5.91 Å². The van der Waals surface area contributed by atoms with Gasteiger partial charge in [-0.25, -0.2) is 4.39 Å². The van der Waals surface area contributed by atoms with Gasteiger partial charge in [0.05, 0.1) is 7.11 Å². The first-order valence-corrected chi connectivity index (χ1v) is 11.1. The summed E-state index contributed by atoms with van der Waals surface area (Å²) < 4.78 is 18.9. The third-order valence-electron chi connectivity index (χ3n) is 5.98.